The second-order valence-corrected chi connectivity index (χ2v) is 8.81. The van der Waals surface area contributed by atoms with Crippen LogP contribution in [-0.2, 0) is 15.0 Å². The summed E-state index contributed by atoms with van der Waals surface area (Å²) in [4.78, 5) is 28.4. The third kappa shape index (κ3) is 1.27. The standard InChI is InChI=1S/C20H22N2O3/c23-15-10-18-6-3-9-22-11-13(15)20(16(18)22)12-4-1-2-5-14(12)21-19(20,8-7-18)17(24)25/h1-2,4-5,13,16,21H,3,6-11H2,(H,24,25). The number of hydrogen-bond donors (Lipinski definition) is 2. The van der Waals surface area contributed by atoms with Crippen LogP contribution in [0.1, 0.15) is 37.7 Å². The highest BCUT2D eigenvalue weighted by molar-refractivity contribution is 5.97. The molecule has 6 rings (SSSR count). The molecule has 1 aromatic rings. The molecule has 5 unspecified atom stereocenters. The van der Waals surface area contributed by atoms with E-state index in [0.29, 0.717) is 18.6 Å². The molecule has 5 heteroatoms. The number of carboxylic acids is 1. The summed E-state index contributed by atoms with van der Waals surface area (Å²) in [5, 5.41) is 13.8. The summed E-state index contributed by atoms with van der Waals surface area (Å²) in [7, 11) is 0. The second-order valence-electron chi connectivity index (χ2n) is 8.81. The van der Waals surface area contributed by atoms with E-state index >= 15 is 0 Å². The Hall–Kier alpha value is -1.88. The van der Waals surface area contributed by atoms with Crippen molar-refractivity contribution in [1.82, 2.24) is 4.90 Å². The van der Waals surface area contributed by atoms with Gasteiger partial charge < -0.3 is 10.4 Å². The number of hydrogen-bond acceptors (Lipinski definition) is 4. The van der Waals surface area contributed by atoms with Crippen LogP contribution in [0, 0.1) is 11.3 Å². The molecular formula is C20H22N2O3. The molecule has 5 nitrogen and oxygen atoms in total. The summed E-state index contributed by atoms with van der Waals surface area (Å²) in [5.74, 6) is -0.690. The van der Waals surface area contributed by atoms with Gasteiger partial charge in [-0.2, -0.15) is 0 Å². The fourth-order valence-corrected chi connectivity index (χ4v) is 7.61. The van der Waals surface area contributed by atoms with Crippen LogP contribution in [0.5, 0.6) is 0 Å². The lowest BCUT2D eigenvalue weighted by Crippen LogP contribution is -2.75. The molecular weight excluding hydrogens is 316 g/mol. The number of piperidine rings is 1. The summed E-state index contributed by atoms with van der Waals surface area (Å²) in [5.41, 5.74) is 0.323. The number of carboxylic acid groups (broad SMARTS) is 1. The van der Waals surface area contributed by atoms with Gasteiger partial charge in [0.1, 0.15) is 11.3 Å². The van der Waals surface area contributed by atoms with Gasteiger partial charge in [-0.3, -0.25) is 9.69 Å². The number of nitrogens with zero attached hydrogens (tertiary/aromatic N) is 1. The number of fused-ring (bicyclic) bond motifs is 1. The first-order chi connectivity index (χ1) is 12.1. The molecule has 5 atom stereocenters. The Kier molecular flexibility index (Phi) is 2.34. The van der Waals surface area contributed by atoms with Crippen LogP contribution in [0.2, 0.25) is 0 Å². The number of anilines is 1. The third-order valence-electron chi connectivity index (χ3n) is 8.17. The number of carbonyl (C=O) groups excluding carboxylic acids is 1. The molecule has 2 saturated heterocycles. The summed E-state index contributed by atoms with van der Waals surface area (Å²) in [6.45, 7) is 1.73. The normalized spacial score (nSPS) is 46.3. The molecule has 4 fully saturated rings. The van der Waals surface area contributed by atoms with Crippen molar-refractivity contribution < 1.29 is 14.7 Å². The van der Waals surface area contributed by atoms with Crippen molar-refractivity contribution in [2.45, 2.75) is 49.1 Å². The van der Waals surface area contributed by atoms with Crippen LogP contribution < -0.4 is 5.32 Å². The van der Waals surface area contributed by atoms with Crippen LogP contribution >= 0.6 is 0 Å². The lowest BCUT2D eigenvalue weighted by molar-refractivity contribution is -0.161. The number of nitrogens with one attached hydrogen (secondary N) is 1. The van der Waals surface area contributed by atoms with E-state index in [1.54, 1.807) is 0 Å². The zero-order valence-electron chi connectivity index (χ0n) is 14.1. The minimum atomic E-state index is -1.04. The third-order valence-corrected chi connectivity index (χ3v) is 8.17. The number of Topliss-reactive ketones (excluding diaryl/α,β-unsaturated/α-hetero) is 1. The average molecular weight is 338 g/mol. The van der Waals surface area contributed by atoms with Gasteiger partial charge in [0, 0.05) is 30.6 Å². The van der Waals surface area contributed by atoms with Crippen molar-refractivity contribution in [3.63, 3.8) is 0 Å². The maximum atomic E-state index is 13.3. The van der Waals surface area contributed by atoms with Gasteiger partial charge >= 0.3 is 5.97 Å². The van der Waals surface area contributed by atoms with Gasteiger partial charge in [-0.15, -0.1) is 0 Å². The van der Waals surface area contributed by atoms with Crippen LogP contribution in [0.4, 0.5) is 5.69 Å². The maximum absolute atomic E-state index is 13.3. The van der Waals surface area contributed by atoms with E-state index in [0.717, 1.165) is 43.6 Å². The summed E-state index contributed by atoms with van der Waals surface area (Å²) in [6, 6.07) is 8.20. The van der Waals surface area contributed by atoms with Crippen molar-refractivity contribution in [2.24, 2.45) is 11.3 Å². The van der Waals surface area contributed by atoms with Gasteiger partial charge in [0.2, 0.25) is 0 Å². The van der Waals surface area contributed by atoms with Gasteiger partial charge in [0.05, 0.1) is 5.41 Å². The molecule has 5 aliphatic rings. The van der Waals surface area contributed by atoms with E-state index in [1.807, 2.05) is 18.2 Å². The van der Waals surface area contributed by atoms with E-state index in [-0.39, 0.29) is 17.4 Å². The molecule has 0 amide bonds. The lowest BCUT2D eigenvalue weighted by atomic mass is 9.41. The predicted molar refractivity (Wildman–Crippen MR) is 91.5 cm³/mol. The predicted octanol–water partition coefficient (Wildman–Crippen LogP) is 2.02. The minimum Gasteiger partial charge on any atom is -0.479 e. The van der Waals surface area contributed by atoms with Gasteiger partial charge in [0.25, 0.3) is 0 Å². The van der Waals surface area contributed by atoms with E-state index in [1.165, 1.54) is 0 Å². The highest BCUT2D eigenvalue weighted by Crippen LogP contribution is 2.72. The number of para-hydroxylation sites is 1. The first-order valence-corrected chi connectivity index (χ1v) is 9.43. The molecule has 2 N–H and O–H groups in total. The van der Waals surface area contributed by atoms with E-state index in [9.17, 15) is 14.7 Å². The minimum absolute atomic E-state index is 0.0274. The molecule has 3 heterocycles. The van der Waals surface area contributed by atoms with Crippen molar-refractivity contribution in [3.05, 3.63) is 29.8 Å². The summed E-state index contributed by atoms with van der Waals surface area (Å²) < 4.78 is 0. The molecule has 1 aromatic carbocycles. The number of carbonyl (C=O) groups is 2. The summed E-state index contributed by atoms with van der Waals surface area (Å²) in [6.07, 6.45) is 4.29. The van der Waals surface area contributed by atoms with Gasteiger partial charge in [-0.25, -0.2) is 4.79 Å². The molecule has 0 aromatic heterocycles. The number of ketones is 1. The average Bonchev–Trinajstić information content (AvgIpc) is 3.09. The fraction of sp³-hybridized carbons (Fsp3) is 0.600. The van der Waals surface area contributed by atoms with Crippen LogP contribution in [-0.4, -0.2) is 46.4 Å². The molecule has 25 heavy (non-hydrogen) atoms. The first-order valence-electron chi connectivity index (χ1n) is 9.43. The lowest BCUT2D eigenvalue weighted by Gasteiger charge is -2.63. The molecule has 2 saturated carbocycles. The largest absolute Gasteiger partial charge is 0.479 e. The highest BCUT2D eigenvalue weighted by Gasteiger charge is 2.81. The van der Waals surface area contributed by atoms with Crippen LogP contribution in [0.3, 0.4) is 0 Å². The monoisotopic (exact) mass is 338 g/mol. The van der Waals surface area contributed by atoms with Crippen molar-refractivity contribution >= 4 is 17.4 Å². The van der Waals surface area contributed by atoms with Crippen molar-refractivity contribution in [3.8, 4) is 0 Å². The summed E-state index contributed by atoms with van der Waals surface area (Å²) >= 11 is 0. The zero-order chi connectivity index (χ0) is 17.0. The Morgan fingerprint density at radius 1 is 1.24 bits per heavy atom. The van der Waals surface area contributed by atoms with Crippen molar-refractivity contribution in [2.75, 3.05) is 18.4 Å². The fourth-order valence-electron chi connectivity index (χ4n) is 7.61. The van der Waals surface area contributed by atoms with Crippen LogP contribution in [0.25, 0.3) is 0 Å². The highest BCUT2D eigenvalue weighted by atomic mass is 16.4. The van der Waals surface area contributed by atoms with Crippen LogP contribution in [0.15, 0.2) is 24.3 Å². The van der Waals surface area contributed by atoms with E-state index in [2.05, 4.69) is 16.3 Å². The Morgan fingerprint density at radius 3 is 2.92 bits per heavy atom. The van der Waals surface area contributed by atoms with Gasteiger partial charge in [0.15, 0.2) is 0 Å². The number of aliphatic carboxylic acids is 1. The topological polar surface area (TPSA) is 69.6 Å². The SMILES string of the molecule is O=C1CC23CCCN4CC1C1(c5ccccc5NC1(C(=O)O)CC2)C43. The molecule has 130 valence electrons. The first kappa shape index (κ1) is 14.3. The Bertz CT molecular complexity index is 838. The quantitative estimate of drug-likeness (QED) is 0.820. The van der Waals surface area contributed by atoms with Crippen molar-refractivity contribution in [1.29, 1.82) is 0 Å². The van der Waals surface area contributed by atoms with Gasteiger partial charge in [-0.1, -0.05) is 18.2 Å². The zero-order valence-corrected chi connectivity index (χ0v) is 14.1. The molecule has 4 bridgehead atoms. The Labute approximate surface area is 146 Å². The van der Waals surface area contributed by atoms with E-state index < -0.39 is 16.9 Å². The maximum Gasteiger partial charge on any atom is 0.330 e. The molecule has 1 spiro atoms. The Morgan fingerprint density at radius 2 is 2.08 bits per heavy atom. The van der Waals surface area contributed by atoms with Gasteiger partial charge in [-0.05, 0) is 49.3 Å². The Balaban J connectivity index is 1.73. The second kappa shape index (κ2) is 4.09. The molecule has 2 aliphatic carbocycles. The number of benzene rings is 1. The number of rotatable bonds is 1. The molecule has 3 aliphatic heterocycles. The smallest absolute Gasteiger partial charge is 0.330 e. The van der Waals surface area contributed by atoms with E-state index in [4.69, 9.17) is 0 Å². The molecule has 0 radical (unpaired) electrons.